The molecule has 2 heteroatoms. The van der Waals surface area contributed by atoms with Crippen molar-refractivity contribution in [3.63, 3.8) is 0 Å². The minimum atomic E-state index is -0.114. The standard InChI is InChI=1S/C10H15NO/c12-10-8-6-4-2-1-3-5-7-9-11-10/h1-5,7,9H2,(H,11,12). The van der Waals surface area contributed by atoms with E-state index in [1.165, 1.54) is 19.3 Å². The summed E-state index contributed by atoms with van der Waals surface area (Å²) in [5.74, 6) is 5.34. The molecule has 0 fully saturated rings. The fourth-order valence-electron chi connectivity index (χ4n) is 1.26. The van der Waals surface area contributed by atoms with Crippen LogP contribution in [-0.2, 0) is 4.79 Å². The fourth-order valence-corrected chi connectivity index (χ4v) is 1.26. The number of carbonyl (C=O) groups excluding carboxylic acids is 1. The Morgan fingerprint density at radius 2 is 1.83 bits per heavy atom. The molecule has 0 saturated heterocycles. The van der Waals surface area contributed by atoms with Crippen LogP contribution in [0.15, 0.2) is 0 Å². The average Bonchev–Trinajstić information content (AvgIpc) is 2.11. The van der Waals surface area contributed by atoms with E-state index in [0.717, 1.165) is 25.8 Å². The van der Waals surface area contributed by atoms with Gasteiger partial charge in [-0.3, -0.25) is 4.79 Å². The quantitative estimate of drug-likeness (QED) is 0.541. The first-order chi connectivity index (χ1) is 5.89. The van der Waals surface area contributed by atoms with Gasteiger partial charge < -0.3 is 5.32 Å². The lowest BCUT2D eigenvalue weighted by atomic mass is 10.1. The zero-order valence-corrected chi connectivity index (χ0v) is 7.36. The summed E-state index contributed by atoms with van der Waals surface area (Å²) >= 11 is 0. The molecule has 0 aromatic rings. The second kappa shape index (κ2) is 5.65. The Labute approximate surface area is 73.7 Å². The minimum Gasteiger partial charge on any atom is -0.345 e. The van der Waals surface area contributed by atoms with Crippen LogP contribution in [0.2, 0.25) is 0 Å². The van der Waals surface area contributed by atoms with Gasteiger partial charge in [-0.2, -0.15) is 0 Å². The van der Waals surface area contributed by atoms with Crippen molar-refractivity contribution in [3.05, 3.63) is 0 Å². The lowest BCUT2D eigenvalue weighted by molar-refractivity contribution is -0.115. The van der Waals surface area contributed by atoms with Crippen molar-refractivity contribution in [1.29, 1.82) is 0 Å². The van der Waals surface area contributed by atoms with E-state index in [1.54, 1.807) is 0 Å². The first kappa shape index (κ1) is 9.12. The molecule has 0 atom stereocenters. The van der Waals surface area contributed by atoms with Gasteiger partial charge in [-0.1, -0.05) is 25.2 Å². The average molecular weight is 165 g/mol. The van der Waals surface area contributed by atoms with Crippen molar-refractivity contribution in [3.8, 4) is 11.8 Å². The third kappa shape index (κ3) is 4.02. The van der Waals surface area contributed by atoms with Crippen LogP contribution in [0.25, 0.3) is 0 Å². The van der Waals surface area contributed by atoms with Gasteiger partial charge in [-0.15, -0.1) is 0 Å². The molecule has 0 radical (unpaired) electrons. The van der Waals surface area contributed by atoms with Gasteiger partial charge in [0.2, 0.25) is 0 Å². The molecule has 0 bridgehead atoms. The number of carbonyl (C=O) groups is 1. The summed E-state index contributed by atoms with van der Waals surface area (Å²) in [6.45, 7) is 0.785. The van der Waals surface area contributed by atoms with Gasteiger partial charge in [-0.25, -0.2) is 0 Å². The van der Waals surface area contributed by atoms with Crippen LogP contribution >= 0.6 is 0 Å². The highest BCUT2D eigenvalue weighted by atomic mass is 16.1. The Morgan fingerprint density at radius 1 is 1.08 bits per heavy atom. The van der Waals surface area contributed by atoms with Gasteiger partial charge in [0.25, 0.3) is 5.91 Å². The summed E-state index contributed by atoms with van der Waals surface area (Å²) in [6.07, 6.45) is 6.85. The summed E-state index contributed by atoms with van der Waals surface area (Å²) < 4.78 is 0. The Balaban J connectivity index is 2.33. The lowest BCUT2D eigenvalue weighted by Gasteiger charge is -1.99. The minimum absolute atomic E-state index is 0.114. The molecule has 0 spiro atoms. The highest BCUT2D eigenvalue weighted by molar-refractivity contribution is 5.93. The van der Waals surface area contributed by atoms with E-state index in [2.05, 4.69) is 17.2 Å². The molecule has 1 rings (SSSR count). The van der Waals surface area contributed by atoms with Crippen LogP contribution in [0.1, 0.15) is 38.5 Å². The number of hydrogen-bond acceptors (Lipinski definition) is 1. The zero-order valence-electron chi connectivity index (χ0n) is 7.36. The van der Waals surface area contributed by atoms with E-state index >= 15 is 0 Å². The molecule has 0 aliphatic carbocycles. The second-order valence-electron chi connectivity index (χ2n) is 3.08. The molecule has 1 amide bonds. The summed E-state index contributed by atoms with van der Waals surface area (Å²) in [4.78, 5) is 10.9. The van der Waals surface area contributed by atoms with E-state index in [1.807, 2.05) is 0 Å². The topological polar surface area (TPSA) is 29.1 Å². The van der Waals surface area contributed by atoms with Crippen molar-refractivity contribution in [1.82, 2.24) is 5.32 Å². The highest BCUT2D eigenvalue weighted by Gasteiger charge is 1.96. The normalized spacial score (nSPS) is 19.8. The molecule has 66 valence electrons. The molecule has 12 heavy (non-hydrogen) atoms. The number of hydrogen-bond donors (Lipinski definition) is 1. The summed E-state index contributed by atoms with van der Waals surface area (Å²) in [5.41, 5.74) is 0. The van der Waals surface area contributed by atoms with Gasteiger partial charge in [0, 0.05) is 13.0 Å². The Kier molecular flexibility index (Phi) is 4.30. The van der Waals surface area contributed by atoms with E-state index in [4.69, 9.17) is 0 Å². The van der Waals surface area contributed by atoms with Gasteiger partial charge in [-0.05, 0) is 18.8 Å². The monoisotopic (exact) mass is 165 g/mol. The van der Waals surface area contributed by atoms with Gasteiger partial charge in [0.15, 0.2) is 0 Å². The van der Waals surface area contributed by atoms with Crippen molar-refractivity contribution >= 4 is 5.91 Å². The van der Waals surface area contributed by atoms with Crippen LogP contribution in [0.4, 0.5) is 0 Å². The van der Waals surface area contributed by atoms with Crippen LogP contribution in [-0.4, -0.2) is 12.5 Å². The SMILES string of the molecule is O=C1C#CCCCCCCCN1. The summed E-state index contributed by atoms with van der Waals surface area (Å²) in [7, 11) is 0. The third-order valence-electron chi connectivity index (χ3n) is 1.97. The van der Waals surface area contributed by atoms with Crippen LogP contribution in [0.3, 0.4) is 0 Å². The maximum Gasteiger partial charge on any atom is 0.295 e. The Bertz CT molecular complexity index is 200. The molecule has 0 aromatic carbocycles. The number of amides is 1. The largest absolute Gasteiger partial charge is 0.345 e. The zero-order chi connectivity index (χ0) is 8.65. The first-order valence-corrected chi connectivity index (χ1v) is 4.66. The van der Waals surface area contributed by atoms with Crippen molar-refractivity contribution in [2.45, 2.75) is 38.5 Å². The van der Waals surface area contributed by atoms with Gasteiger partial charge in [0.1, 0.15) is 0 Å². The van der Waals surface area contributed by atoms with Crippen molar-refractivity contribution in [2.75, 3.05) is 6.54 Å². The summed E-state index contributed by atoms with van der Waals surface area (Å²) in [6, 6.07) is 0. The predicted octanol–water partition coefficient (Wildman–Crippen LogP) is 1.46. The van der Waals surface area contributed by atoms with E-state index < -0.39 is 0 Å². The molecule has 0 saturated carbocycles. The first-order valence-electron chi connectivity index (χ1n) is 4.66. The lowest BCUT2D eigenvalue weighted by Crippen LogP contribution is -2.22. The Morgan fingerprint density at radius 3 is 2.75 bits per heavy atom. The maximum absolute atomic E-state index is 10.9. The molecule has 0 aromatic heterocycles. The Hall–Kier alpha value is -0.970. The number of rotatable bonds is 0. The van der Waals surface area contributed by atoms with Crippen LogP contribution in [0, 0.1) is 11.8 Å². The molecule has 0 unspecified atom stereocenters. The van der Waals surface area contributed by atoms with Crippen molar-refractivity contribution in [2.24, 2.45) is 0 Å². The molecule has 1 heterocycles. The molecule has 1 N–H and O–H groups in total. The second-order valence-corrected chi connectivity index (χ2v) is 3.08. The third-order valence-corrected chi connectivity index (χ3v) is 1.97. The van der Waals surface area contributed by atoms with E-state index in [9.17, 15) is 4.79 Å². The van der Waals surface area contributed by atoms with Gasteiger partial charge in [0.05, 0.1) is 0 Å². The smallest absolute Gasteiger partial charge is 0.295 e. The van der Waals surface area contributed by atoms with E-state index in [0.29, 0.717) is 0 Å². The molecule has 2 nitrogen and oxygen atoms in total. The number of nitrogens with one attached hydrogen (secondary N) is 1. The fraction of sp³-hybridized carbons (Fsp3) is 0.700. The van der Waals surface area contributed by atoms with Gasteiger partial charge >= 0.3 is 0 Å². The molecular weight excluding hydrogens is 150 g/mol. The van der Waals surface area contributed by atoms with Crippen molar-refractivity contribution < 1.29 is 4.79 Å². The van der Waals surface area contributed by atoms with E-state index in [-0.39, 0.29) is 5.91 Å². The molecule has 1 aliphatic rings. The maximum atomic E-state index is 10.9. The summed E-state index contributed by atoms with van der Waals surface area (Å²) in [5, 5.41) is 2.77. The van der Waals surface area contributed by atoms with Crippen LogP contribution in [0.5, 0.6) is 0 Å². The molecule has 1 aliphatic heterocycles. The highest BCUT2D eigenvalue weighted by Crippen LogP contribution is 2.04. The molecular formula is C10H15NO. The predicted molar refractivity (Wildman–Crippen MR) is 48.5 cm³/mol. The van der Waals surface area contributed by atoms with Crippen LogP contribution < -0.4 is 5.32 Å².